The van der Waals surface area contributed by atoms with Gasteiger partial charge in [0.15, 0.2) is 6.29 Å². The van der Waals surface area contributed by atoms with Crippen molar-refractivity contribution >= 4 is 15.9 Å². The van der Waals surface area contributed by atoms with Crippen molar-refractivity contribution < 1.29 is 9.47 Å². The van der Waals surface area contributed by atoms with Gasteiger partial charge in [0.1, 0.15) is 0 Å². The van der Waals surface area contributed by atoms with Crippen LogP contribution in [0.3, 0.4) is 0 Å². The van der Waals surface area contributed by atoms with Crippen LogP contribution in [0, 0.1) is 0 Å². The van der Waals surface area contributed by atoms with Crippen molar-refractivity contribution in [2.75, 3.05) is 7.11 Å². The van der Waals surface area contributed by atoms with Crippen LogP contribution in [0.1, 0.15) is 31.4 Å². The van der Waals surface area contributed by atoms with E-state index < -0.39 is 0 Å². The Morgan fingerprint density at radius 1 is 1.38 bits per heavy atom. The van der Waals surface area contributed by atoms with Gasteiger partial charge in [-0.15, -0.1) is 0 Å². The van der Waals surface area contributed by atoms with Gasteiger partial charge in [0, 0.05) is 7.11 Å². The molecule has 3 heteroatoms. The van der Waals surface area contributed by atoms with E-state index in [1.54, 1.807) is 7.11 Å². The first-order valence-corrected chi connectivity index (χ1v) is 6.35. The minimum Gasteiger partial charge on any atom is -0.354 e. The maximum absolute atomic E-state index is 5.97. The molecule has 0 unspecified atom stereocenters. The predicted octanol–water partition coefficient (Wildman–Crippen LogP) is 3.66. The molecule has 1 aromatic rings. The van der Waals surface area contributed by atoms with Gasteiger partial charge in [-0.3, -0.25) is 0 Å². The fourth-order valence-electron chi connectivity index (χ4n) is 2.10. The van der Waals surface area contributed by atoms with Crippen molar-refractivity contribution in [1.82, 2.24) is 0 Å². The van der Waals surface area contributed by atoms with Crippen LogP contribution < -0.4 is 0 Å². The molecule has 1 saturated heterocycles. The van der Waals surface area contributed by atoms with E-state index in [0.29, 0.717) is 0 Å². The zero-order valence-electron chi connectivity index (χ0n) is 9.65. The lowest BCUT2D eigenvalue weighted by Crippen LogP contribution is -2.42. The Labute approximate surface area is 105 Å². The molecule has 0 bridgehead atoms. The molecule has 2 rings (SSSR count). The minimum absolute atomic E-state index is 0.0764. The third kappa shape index (κ3) is 2.47. The first-order chi connectivity index (χ1) is 7.63. The van der Waals surface area contributed by atoms with Gasteiger partial charge in [-0.1, -0.05) is 46.3 Å². The van der Waals surface area contributed by atoms with Crippen LogP contribution in [0.15, 0.2) is 30.3 Å². The molecular formula is C13H17BrO2. The van der Waals surface area contributed by atoms with E-state index >= 15 is 0 Å². The van der Waals surface area contributed by atoms with Gasteiger partial charge in [0.2, 0.25) is 0 Å². The molecular weight excluding hydrogens is 268 g/mol. The van der Waals surface area contributed by atoms with E-state index in [2.05, 4.69) is 35.0 Å². The molecule has 0 saturated carbocycles. The quantitative estimate of drug-likeness (QED) is 0.772. The lowest BCUT2D eigenvalue weighted by Gasteiger charge is -2.39. The monoisotopic (exact) mass is 284 g/mol. The molecule has 1 fully saturated rings. The second-order valence-electron chi connectivity index (χ2n) is 4.42. The van der Waals surface area contributed by atoms with Crippen LogP contribution in [0.4, 0.5) is 0 Å². The Morgan fingerprint density at radius 2 is 2.06 bits per heavy atom. The summed E-state index contributed by atoms with van der Waals surface area (Å²) in [5.74, 6) is 0. The lowest BCUT2D eigenvalue weighted by molar-refractivity contribution is -0.195. The van der Waals surface area contributed by atoms with Gasteiger partial charge in [-0.05, 0) is 25.3 Å². The molecule has 1 aromatic carbocycles. The van der Waals surface area contributed by atoms with E-state index in [1.165, 1.54) is 5.56 Å². The van der Waals surface area contributed by atoms with E-state index in [0.717, 1.165) is 12.8 Å². The Hall–Kier alpha value is -0.380. The molecule has 0 aliphatic carbocycles. The van der Waals surface area contributed by atoms with Crippen molar-refractivity contribution in [3.05, 3.63) is 35.9 Å². The number of hydrogen-bond donors (Lipinski definition) is 0. The molecule has 1 heterocycles. The molecule has 88 valence electrons. The van der Waals surface area contributed by atoms with E-state index in [9.17, 15) is 0 Å². The van der Waals surface area contributed by atoms with Gasteiger partial charge < -0.3 is 9.47 Å². The summed E-state index contributed by atoms with van der Waals surface area (Å²) in [6.07, 6.45) is 2.03. The minimum atomic E-state index is -0.188. The molecule has 1 aliphatic heterocycles. The second kappa shape index (κ2) is 4.86. The maximum Gasteiger partial charge on any atom is 0.172 e. The first kappa shape index (κ1) is 12.1. The molecule has 0 N–H and O–H groups in total. The summed E-state index contributed by atoms with van der Waals surface area (Å²) in [7, 11) is 1.69. The van der Waals surface area contributed by atoms with Crippen molar-refractivity contribution in [2.45, 2.75) is 36.5 Å². The Morgan fingerprint density at radius 3 is 2.69 bits per heavy atom. The van der Waals surface area contributed by atoms with Crippen molar-refractivity contribution in [3.8, 4) is 0 Å². The number of benzene rings is 1. The number of alkyl halides is 1. The van der Waals surface area contributed by atoms with E-state index in [-0.39, 0.29) is 16.7 Å². The number of ether oxygens (including phenoxy) is 2. The summed E-state index contributed by atoms with van der Waals surface area (Å²) >= 11 is 3.67. The molecule has 3 atom stereocenters. The van der Waals surface area contributed by atoms with Crippen LogP contribution >= 0.6 is 15.9 Å². The van der Waals surface area contributed by atoms with Gasteiger partial charge in [0.05, 0.1) is 10.4 Å². The van der Waals surface area contributed by atoms with E-state index in [1.807, 2.05) is 18.2 Å². The lowest BCUT2D eigenvalue weighted by atomic mass is 9.94. The third-order valence-electron chi connectivity index (χ3n) is 3.06. The molecule has 0 spiro atoms. The van der Waals surface area contributed by atoms with Gasteiger partial charge in [0.25, 0.3) is 0 Å². The molecule has 2 nitrogen and oxygen atoms in total. The number of halogens is 1. The molecule has 0 aromatic heterocycles. The van der Waals surface area contributed by atoms with Crippen LogP contribution in [0.25, 0.3) is 0 Å². The van der Waals surface area contributed by atoms with Crippen molar-refractivity contribution in [1.29, 1.82) is 0 Å². The first-order valence-electron chi connectivity index (χ1n) is 5.55. The summed E-state index contributed by atoms with van der Waals surface area (Å²) in [4.78, 5) is 0. The highest BCUT2D eigenvalue weighted by Gasteiger charge is 2.39. The summed E-state index contributed by atoms with van der Waals surface area (Å²) in [6.45, 7) is 2.11. The van der Waals surface area contributed by atoms with Crippen molar-refractivity contribution in [3.63, 3.8) is 0 Å². The number of hydrogen-bond acceptors (Lipinski definition) is 2. The van der Waals surface area contributed by atoms with Gasteiger partial charge in [-0.2, -0.15) is 0 Å². The normalized spacial score (nSPS) is 34.9. The highest BCUT2D eigenvalue weighted by molar-refractivity contribution is 9.10. The standard InChI is InChI=1S/C13H17BrO2/c1-13(14)9-8-11(16-12(13)15-2)10-6-4-3-5-7-10/h3-7,11-12H,8-9H2,1-2H3/t11-,12+,13+/m1/s1. The summed E-state index contributed by atoms with van der Waals surface area (Å²) in [5.41, 5.74) is 1.23. The SMILES string of the molecule is CO[C@H]1O[C@@H](c2ccccc2)CC[C@]1(C)Br. The number of methoxy groups -OCH3 is 1. The van der Waals surface area contributed by atoms with Gasteiger partial charge >= 0.3 is 0 Å². The van der Waals surface area contributed by atoms with Crippen LogP contribution in [0.5, 0.6) is 0 Å². The summed E-state index contributed by atoms with van der Waals surface area (Å²) < 4.78 is 11.3. The second-order valence-corrected chi connectivity index (χ2v) is 6.23. The molecule has 0 amide bonds. The van der Waals surface area contributed by atoms with Crippen LogP contribution in [0.2, 0.25) is 0 Å². The Bertz CT molecular complexity index is 337. The summed E-state index contributed by atoms with van der Waals surface area (Å²) in [6, 6.07) is 10.3. The maximum atomic E-state index is 5.97. The average Bonchev–Trinajstić information content (AvgIpc) is 2.30. The van der Waals surface area contributed by atoms with Crippen LogP contribution in [-0.4, -0.2) is 17.7 Å². The topological polar surface area (TPSA) is 18.5 Å². The molecule has 16 heavy (non-hydrogen) atoms. The van der Waals surface area contributed by atoms with E-state index in [4.69, 9.17) is 9.47 Å². The summed E-state index contributed by atoms with van der Waals surface area (Å²) in [5, 5.41) is 0. The fraction of sp³-hybridized carbons (Fsp3) is 0.538. The zero-order valence-corrected chi connectivity index (χ0v) is 11.2. The average molecular weight is 285 g/mol. The smallest absolute Gasteiger partial charge is 0.172 e. The number of rotatable bonds is 2. The molecule has 0 radical (unpaired) electrons. The Kier molecular flexibility index (Phi) is 3.67. The fourth-order valence-corrected chi connectivity index (χ4v) is 2.63. The zero-order chi connectivity index (χ0) is 11.6. The highest BCUT2D eigenvalue weighted by Crippen LogP contribution is 2.41. The van der Waals surface area contributed by atoms with Gasteiger partial charge in [-0.25, -0.2) is 0 Å². The Balaban J connectivity index is 2.11. The van der Waals surface area contributed by atoms with Crippen LogP contribution in [-0.2, 0) is 9.47 Å². The predicted molar refractivity (Wildman–Crippen MR) is 67.6 cm³/mol. The van der Waals surface area contributed by atoms with Crippen molar-refractivity contribution in [2.24, 2.45) is 0 Å². The largest absolute Gasteiger partial charge is 0.354 e. The molecule has 1 aliphatic rings. The highest BCUT2D eigenvalue weighted by atomic mass is 79.9. The third-order valence-corrected chi connectivity index (χ3v) is 3.83.